The number of hydrogen-bond acceptors (Lipinski definition) is 4. The summed E-state index contributed by atoms with van der Waals surface area (Å²) in [6.07, 6.45) is 1.19. The van der Waals surface area contributed by atoms with Gasteiger partial charge in [0.05, 0.1) is 25.2 Å². The fourth-order valence-corrected chi connectivity index (χ4v) is 2.14. The second-order valence-corrected chi connectivity index (χ2v) is 4.19. The maximum absolute atomic E-state index is 11.5. The van der Waals surface area contributed by atoms with Gasteiger partial charge in [0.25, 0.3) is 0 Å². The predicted molar refractivity (Wildman–Crippen MR) is 51.0 cm³/mol. The van der Waals surface area contributed by atoms with Crippen LogP contribution in [-0.4, -0.2) is 54.7 Å². The molecule has 2 unspecified atom stereocenters. The van der Waals surface area contributed by atoms with Gasteiger partial charge in [-0.05, 0) is 6.42 Å². The third-order valence-corrected chi connectivity index (χ3v) is 2.99. The highest BCUT2D eigenvalue weighted by Crippen LogP contribution is 2.15. The van der Waals surface area contributed by atoms with Gasteiger partial charge < -0.3 is 9.84 Å². The van der Waals surface area contributed by atoms with Crippen LogP contribution in [-0.2, 0) is 9.53 Å². The molecular weight excluding hydrogens is 182 g/mol. The largest absolute Gasteiger partial charge is 0.392 e. The van der Waals surface area contributed by atoms with Crippen LogP contribution in [0.4, 0.5) is 0 Å². The van der Waals surface area contributed by atoms with E-state index in [1.54, 1.807) is 0 Å². The van der Waals surface area contributed by atoms with Gasteiger partial charge in [-0.1, -0.05) is 0 Å². The minimum absolute atomic E-state index is 0.0362. The molecule has 2 atom stereocenters. The first-order chi connectivity index (χ1) is 6.75. The molecular formula is C10H17NO3. The number of nitrogens with zero attached hydrogens (tertiary/aromatic N) is 1. The molecule has 0 saturated carbocycles. The topological polar surface area (TPSA) is 49.8 Å². The minimum atomic E-state index is -0.199. The van der Waals surface area contributed by atoms with Crippen molar-refractivity contribution in [2.24, 2.45) is 5.92 Å². The molecule has 0 bridgehead atoms. The minimum Gasteiger partial charge on any atom is -0.392 e. The summed E-state index contributed by atoms with van der Waals surface area (Å²) in [6.45, 7) is 3.52. The molecule has 0 aliphatic carbocycles. The summed E-state index contributed by atoms with van der Waals surface area (Å²) in [5.41, 5.74) is 0. The van der Waals surface area contributed by atoms with Crippen molar-refractivity contribution in [1.82, 2.24) is 4.90 Å². The van der Waals surface area contributed by atoms with E-state index in [4.69, 9.17) is 4.74 Å². The van der Waals surface area contributed by atoms with Crippen LogP contribution in [0.25, 0.3) is 0 Å². The number of carbonyl (C=O) groups excluding carboxylic acids is 1. The van der Waals surface area contributed by atoms with Gasteiger partial charge >= 0.3 is 0 Å². The van der Waals surface area contributed by atoms with Crippen molar-refractivity contribution in [2.75, 3.05) is 32.8 Å². The molecule has 2 aliphatic rings. The lowest BCUT2D eigenvalue weighted by molar-refractivity contribution is -0.131. The number of β-amino-alcohol motifs (C(OH)–C–C–N with tert-alkyl or cyclic N) is 1. The zero-order valence-corrected chi connectivity index (χ0v) is 8.32. The summed E-state index contributed by atoms with van der Waals surface area (Å²) in [5, 5.41) is 9.34. The first-order valence-corrected chi connectivity index (χ1v) is 5.26. The van der Waals surface area contributed by atoms with Crippen LogP contribution in [0.2, 0.25) is 0 Å². The average molecular weight is 199 g/mol. The molecule has 0 aromatic heterocycles. The van der Waals surface area contributed by atoms with Gasteiger partial charge in [-0.15, -0.1) is 0 Å². The highest BCUT2D eigenvalue weighted by Gasteiger charge is 2.28. The van der Waals surface area contributed by atoms with Crippen molar-refractivity contribution < 1.29 is 14.6 Å². The quantitative estimate of drug-likeness (QED) is 0.661. The lowest BCUT2D eigenvalue weighted by Gasteiger charge is -2.25. The van der Waals surface area contributed by atoms with E-state index in [2.05, 4.69) is 4.90 Å². The zero-order valence-electron chi connectivity index (χ0n) is 8.32. The molecule has 2 saturated heterocycles. The SMILES string of the molecule is O=C1CCOCC1CN1CCC(O)C1. The van der Waals surface area contributed by atoms with Gasteiger partial charge in [0, 0.05) is 26.1 Å². The molecule has 4 nitrogen and oxygen atoms in total. The molecule has 2 fully saturated rings. The lowest BCUT2D eigenvalue weighted by atomic mass is 10.0. The normalized spacial score (nSPS) is 35.1. The number of Topliss-reactive ketones (excluding diaryl/α,β-unsaturated/α-hetero) is 1. The highest BCUT2D eigenvalue weighted by molar-refractivity contribution is 5.82. The Hall–Kier alpha value is -0.450. The molecule has 2 rings (SSSR count). The number of aliphatic hydroxyl groups is 1. The van der Waals surface area contributed by atoms with Gasteiger partial charge in [0.1, 0.15) is 5.78 Å². The number of likely N-dealkylation sites (tertiary alicyclic amines) is 1. The van der Waals surface area contributed by atoms with E-state index in [0.29, 0.717) is 32.0 Å². The molecule has 0 aromatic rings. The second kappa shape index (κ2) is 4.38. The van der Waals surface area contributed by atoms with E-state index in [1.807, 2.05) is 0 Å². The number of ketones is 1. The van der Waals surface area contributed by atoms with Crippen LogP contribution in [0, 0.1) is 5.92 Å². The first kappa shape index (κ1) is 10.1. The lowest BCUT2D eigenvalue weighted by Crippen LogP contribution is -2.37. The summed E-state index contributed by atoms with van der Waals surface area (Å²) in [7, 11) is 0. The van der Waals surface area contributed by atoms with Gasteiger partial charge in [-0.25, -0.2) is 0 Å². The smallest absolute Gasteiger partial charge is 0.141 e. The van der Waals surface area contributed by atoms with Crippen LogP contribution >= 0.6 is 0 Å². The summed E-state index contributed by atoms with van der Waals surface area (Å²) in [5.74, 6) is 0.353. The molecule has 2 heterocycles. The molecule has 0 amide bonds. The standard InChI is InChI=1S/C10H17NO3/c12-9-1-3-11(6-9)5-8-7-14-4-2-10(8)13/h8-9,12H,1-7H2. The molecule has 14 heavy (non-hydrogen) atoms. The zero-order chi connectivity index (χ0) is 9.97. The Bertz CT molecular complexity index is 219. The Morgan fingerprint density at radius 1 is 1.57 bits per heavy atom. The average Bonchev–Trinajstić information content (AvgIpc) is 2.56. The van der Waals surface area contributed by atoms with E-state index < -0.39 is 0 Å². The van der Waals surface area contributed by atoms with Crippen molar-refractivity contribution in [3.63, 3.8) is 0 Å². The van der Waals surface area contributed by atoms with Crippen molar-refractivity contribution in [3.8, 4) is 0 Å². The fourth-order valence-electron chi connectivity index (χ4n) is 2.14. The monoisotopic (exact) mass is 199 g/mol. The van der Waals surface area contributed by atoms with E-state index in [9.17, 15) is 9.90 Å². The van der Waals surface area contributed by atoms with E-state index in [0.717, 1.165) is 19.5 Å². The molecule has 1 N–H and O–H groups in total. The van der Waals surface area contributed by atoms with Gasteiger partial charge in [0.15, 0.2) is 0 Å². The number of hydrogen-bond donors (Lipinski definition) is 1. The van der Waals surface area contributed by atoms with Gasteiger partial charge in [-0.2, -0.15) is 0 Å². The van der Waals surface area contributed by atoms with Crippen LogP contribution in [0.15, 0.2) is 0 Å². The third-order valence-electron chi connectivity index (χ3n) is 2.99. The summed E-state index contributed by atoms with van der Waals surface area (Å²) < 4.78 is 5.28. The Kier molecular flexibility index (Phi) is 3.15. The van der Waals surface area contributed by atoms with E-state index >= 15 is 0 Å². The fraction of sp³-hybridized carbons (Fsp3) is 0.900. The second-order valence-electron chi connectivity index (χ2n) is 4.19. The molecule has 2 aliphatic heterocycles. The summed E-state index contributed by atoms with van der Waals surface area (Å²) in [6, 6.07) is 0. The maximum Gasteiger partial charge on any atom is 0.141 e. The van der Waals surface area contributed by atoms with Crippen LogP contribution in [0.1, 0.15) is 12.8 Å². The van der Waals surface area contributed by atoms with Crippen molar-refractivity contribution in [2.45, 2.75) is 18.9 Å². The maximum atomic E-state index is 11.5. The Balaban J connectivity index is 1.81. The molecule has 80 valence electrons. The molecule has 0 radical (unpaired) electrons. The number of ether oxygens (including phenoxy) is 1. The van der Waals surface area contributed by atoms with E-state index in [-0.39, 0.29) is 12.0 Å². The van der Waals surface area contributed by atoms with Crippen molar-refractivity contribution >= 4 is 5.78 Å². The van der Waals surface area contributed by atoms with Crippen LogP contribution in [0.3, 0.4) is 0 Å². The summed E-state index contributed by atoms with van der Waals surface area (Å²) >= 11 is 0. The van der Waals surface area contributed by atoms with Crippen LogP contribution < -0.4 is 0 Å². The Morgan fingerprint density at radius 3 is 3.07 bits per heavy atom. The Morgan fingerprint density at radius 2 is 2.43 bits per heavy atom. The Labute approximate surface area is 83.8 Å². The van der Waals surface area contributed by atoms with Gasteiger partial charge in [-0.3, -0.25) is 9.69 Å². The molecule has 4 heteroatoms. The van der Waals surface area contributed by atoms with Crippen molar-refractivity contribution in [3.05, 3.63) is 0 Å². The van der Waals surface area contributed by atoms with Crippen molar-refractivity contribution in [1.29, 1.82) is 0 Å². The summed E-state index contributed by atoms with van der Waals surface area (Å²) in [4.78, 5) is 13.6. The van der Waals surface area contributed by atoms with Crippen LogP contribution in [0.5, 0.6) is 0 Å². The number of aliphatic hydroxyl groups excluding tert-OH is 1. The third kappa shape index (κ3) is 2.32. The number of carbonyl (C=O) groups is 1. The number of rotatable bonds is 2. The van der Waals surface area contributed by atoms with E-state index in [1.165, 1.54) is 0 Å². The molecule has 0 spiro atoms. The highest BCUT2D eigenvalue weighted by atomic mass is 16.5. The van der Waals surface area contributed by atoms with Gasteiger partial charge in [0.2, 0.25) is 0 Å². The first-order valence-electron chi connectivity index (χ1n) is 5.26. The predicted octanol–water partition coefficient (Wildman–Crippen LogP) is -0.341. The molecule has 0 aromatic carbocycles.